The molecule has 0 aromatic carbocycles. The van der Waals surface area contributed by atoms with E-state index in [1.165, 1.54) is 0 Å². The first-order valence-corrected chi connectivity index (χ1v) is 21.8. The average molecular weight is 856 g/mol. The van der Waals surface area contributed by atoms with Gasteiger partial charge >= 0.3 is 17.1 Å². The first kappa shape index (κ1) is 41.7. The van der Waals surface area contributed by atoms with E-state index in [9.17, 15) is 0 Å². The molecule has 1 radical (unpaired) electrons. The minimum atomic E-state index is 0. The molecule has 0 unspecified atom stereocenters. The van der Waals surface area contributed by atoms with Crippen molar-refractivity contribution in [3.05, 3.63) is 96.6 Å². The molecule has 0 saturated heterocycles. The molecule has 2 aliphatic rings. The Labute approximate surface area is 368 Å². The van der Waals surface area contributed by atoms with Crippen LogP contribution in [0.25, 0.3) is 91.9 Å². The zero-order chi connectivity index (χ0) is 41.7. The maximum Gasteiger partial charge on any atom is 2.00 e. The molecule has 0 fully saturated rings. The van der Waals surface area contributed by atoms with Crippen LogP contribution in [0.4, 0.5) is 0 Å². The van der Waals surface area contributed by atoms with Crippen LogP contribution < -0.4 is 28.2 Å². The van der Waals surface area contributed by atoms with Crippen molar-refractivity contribution in [3.63, 3.8) is 0 Å². The van der Waals surface area contributed by atoms with Gasteiger partial charge in [0.15, 0.2) is 0 Å². The molecule has 2 aliphatic heterocycles. The van der Waals surface area contributed by atoms with Crippen molar-refractivity contribution in [2.45, 2.75) is 108 Å². The Hall–Kier alpha value is -6.04. The second-order valence-corrected chi connectivity index (χ2v) is 15.1. The minimum absolute atomic E-state index is 0. The van der Waals surface area contributed by atoms with Gasteiger partial charge in [-0.2, -0.15) is 0 Å². The van der Waals surface area contributed by atoms with Crippen LogP contribution in [0.15, 0.2) is 73.8 Å². The fraction of sp³-hybridized carbons (Fsp3) is 0.333. The van der Waals surface area contributed by atoms with Gasteiger partial charge in [-0.15, -0.1) is 22.1 Å². The van der Waals surface area contributed by atoms with Crippen LogP contribution in [0, 0.1) is 0 Å². The van der Waals surface area contributed by atoms with Gasteiger partial charge in [0.2, 0.25) is 0 Å². The van der Waals surface area contributed by atoms with Gasteiger partial charge in [-0.05, 0) is 79.7 Å². The van der Waals surface area contributed by atoms with E-state index < -0.39 is 0 Å². The number of nitrogens with zero attached hydrogens (tertiary/aromatic N) is 12. The molecule has 0 atom stereocenters. The fourth-order valence-corrected chi connectivity index (χ4v) is 9.06. The predicted octanol–water partition coefficient (Wildman–Crippen LogP) is 7.09. The van der Waals surface area contributed by atoms with Gasteiger partial charge in [0, 0.05) is 0 Å². The number of hydrogen-bond donors (Lipinski definition) is 0. The second kappa shape index (κ2) is 17.1. The van der Waals surface area contributed by atoms with E-state index in [1.54, 1.807) is 0 Å². The van der Waals surface area contributed by atoms with Gasteiger partial charge in [-0.1, -0.05) is 24.3 Å². The Balaban J connectivity index is 0.00000514. The zero-order valence-corrected chi connectivity index (χ0v) is 37.8. The summed E-state index contributed by atoms with van der Waals surface area (Å²) in [5.41, 5.74) is 10.9. The molecule has 7 aromatic heterocycles. The van der Waals surface area contributed by atoms with Crippen molar-refractivity contribution in [3.8, 4) is 45.6 Å². The van der Waals surface area contributed by atoms with E-state index in [1.807, 2.05) is 0 Å². The van der Waals surface area contributed by atoms with Crippen LogP contribution in [0.2, 0.25) is 0 Å². The van der Waals surface area contributed by atoms with Crippen LogP contribution in [-0.2, 0) is 69.4 Å². The normalized spacial score (nSPS) is 12.2. The summed E-state index contributed by atoms with van der Waals surface area (Å²) >= 11 is 0. The third-order valence-corrected chi connectivity index (χ3v) is 12.1. The fourth-order valence-electron chi connectivity index (χ4n) is 9.06. The van der Waals surface area contributed by atoms with E-state index in [4.69, 9.17) is 19.9 Å². The van der Waals surface area contributed by atoms with Gasteiger partial charge in [-0.25, -0.2) is 46.5 Å². The molecule has 7 aromatic rings. The number of aryl methyl sites for hydroxylation is 8. The van der Waals surface area contributed by atoms with Gasteiger partial charge in [0.05, 0.1) is 97.4 Å². The van der Waals surface area contributed by atoms with Crippen molar-refractivity contribution >= 4 is 46.4 Å². The van der Waals surface area contributed by atoms with Crippen LogP contribution >= 0.6 is 0 Å². The largest absolute Gasteiger partial charge is 2.00 e. The molecule has 8 bridgehead atoms. The number of hydrogen-bond acceptors (Lipinski definition) is 2. The van der Waals surface area contributed by atoms with Gasteiger partial charge in [0.1, 0.15) is 49.6 Å². The monoisotopic (exact) mass is 855 g/mol. The summed E-state index contributed by atoms with van der Waals surface area (Å²) < 4.78 is 18.4. The average Bonchev–Trinajstić information content (AvgIpc) is 4.13. The molecule has 0 spiro atoms. The first-order valence-electron chi connectivity index (χ1n) is 21.8. The number of imidazole rings is 4. The molecule has 9 heterocycles. The van der Waals surface area contributed by atoms with Crippen LogP contribution in [0.3, 0.4) is 0 Å². The molecule has 61 heavy (non-hydrogen) atoms. The van der Waals surface area contributed by atoms with Crippen LogP contribution in [0.1, 0.15) is 78.2 Å². The molecule has 0 N–H and O–H groups in total. The van der Waals surface area contributed by atoms with E-state index in [-0.39, 0.29) is 17.1 Å². The standard InChI is InChI=1S/C48H56N12.Mn/c1-9-53-25-26-54(10-2)45(53)41-33-17-19-35(49-33)42(46-55(11-3)27-28-56(46)12-4)37-21-23-39(51-37)44(48-59(15-7)31-32-60(48)16-8)40-24-22-38(52-40)43(36-20-18-34(41)50-36)47-57(13-5)29-30-58(47)14-6;/h17-32H,9-16H2,1-8H3;/q2*+2. The van der Waals surface area contributed by atoms with E-state index >= 15 is 0 Å². The summed E-state index contributed by atoms with van der Waals surface area (Å²) in [7, 11) is 0. The van der Waals surface area contributed by atoms with Crippen LogP contribution in [-0.4, -0.2) is 28.2 Å². The molecule has 311 valence electrons. The smallest absolute Gasteiger partial charge is 0.656 e. The number of fused-ring (bicyclic) bond motifs is 8. The maximum atomic E-state index is 5.59. The first-order chi connectivity index (χ1) is 29.4. The van der Waals surface area contributed by atoms with E-state index in [0.29, 0.717) is 0 Å². The summed E-state index contributed by atoms with van der Waals surface area (Å²) in [6.07, 6.45) is 26.0. The van der Waals surface area contributed by atoms with Crippen LogP contribution in [0.5, 0.6) is 0 Å². The summed E-state index contributed by atoms with van der Waals surface area (Å²) in [5, 5.41) is 0. The summed E-state index contributed by atoms with van der Waals surface area (Å²) in [5.74, 6) is 4.29. The quantitative estimate of drug-likeness (QED) is 0.0971. The van der Waals surface area contributed by atoms with Crippen molar-refractivity contribution < 1.29 is 35.3 Å². The third kappa shape index (κ3) is 6.84. The van der Waals surface area contributed by atoms with E-state index in [0.717, 1.165) is 143 Å². The van der Waals surface area contributed by atoms with Gasteiger partial charge in [0.25, 0.3) is 23.3 Å². The summed E-state index contributed by atoms with van der Waals surface area (Å²) in [6, 6.07) is 8.67. The number of rotatable bonds is 12. The SMILES string of the molecule is CCn1cc[n+](CC)c1-c1c2nc(c(-c3n(CC)cc[n+]3CC)c3ccc([n-]3)c(-c3n(CC)cc[n+]3CC)c3nc(c(-c4n(CC)cc[n+]4CC)c4ccc1[n-]4)C=C3)C=C2.[Mn+2]. The topological polar surface area (TPSA) is 89.2 Å². The minimum Gasteiger partial charge on any atom is -0.656 e. The summed E-state index contributed by atoms with van der Waals surface area (Å²) in [4.78, 5) is 22.4. The molecule has 0 amide bonds. The van der Waals surface area contributed by atoms with E-state index in [2.05, 4.69) is 190 Å². The molecule has 0 saturated carbocycles. The Bertz CT molecular complexity index is 2520. The van der Waals surface area contributed by atoms with Crippen molar-refractivity contribution in [2.24, 2.45) is 0 Å². The zero-order valence-electron chi connectivity index (χ0n) is 36.6. The maximum absolute atomic E-state index is 5.59. The Morgan fingerprint density at radius 1 is 0.393 bits per heavy atom. The molecular weight excluding hydrogens is 800 g/mol. The second-order valence-electron chi connectivity index (χ2n) is 15.1. The van der Waals surface area contributed by atoms with Crippen molar-refractivity contribution in [1.82, 2.24) is 38.2 Å². The Morgan fingerprint density at radius 2 is 0.623 bits per heavy atom. The molecule has 9 rings (SSSR count). The van der Waals surface area contributed by atoms with Crippen molar-refractivity contribution in [1.29, 1.82) is 0 Å². The Morgan fingerprint density at radius 3 is 0.820 bits per heavy atom. The molecular formula is C48H56MnN12+4. The molecule has 12 nitrogen and oxygen atoms in total. The molecule has 0 aliphatic carbocycles. The summed E-state index contributed by atoms with van der Waals surface area (Å²) in [6.45, 7) is 24.0. The Kier molecular flexibility index (Phi) is 11.7. The van der Waals surface area contributed by atoms with Gasteiger partial charge in [-0.3, -0.25) is 0 Å². The predicted molar refractivity (Wildman–Crippen MR) is 237 cm³/mol. The third-order valence-electron chi connectivity index (χ3n) is 12.1. The van der Waals surface area contributed by atoms with Gasteiger partial charge < -0.3 is 9.97 Å². The van der Waals surface area contributed by atoms with Crippen molar-refractivity contribution in [2.75, 3.05) is 0 Å². The molecule has 13 heteroatoms. The number of aromatic nitrogens is 12.